The first-order chi connectivity index (χ1) is 60.6. The van der Waals surface area contributed by atoms with Gasteiger partial charge in [0.05, 0.1) is 43.3 Å². The summed E-state index contributed by atoms with van der Waals surface area (Å²) in [5.41, 5.74) is 11.4. The number of carbonyl (C=O) groups is 3. The van der Waals surface area contributed by atoms with Crippen LogP contribution in [0.2, 0.25) is 0 Å². The number of allylic oxidation sites excluding steroid dienone is 1. The van der Waals surface area contributed by atoms with E-state index in [0.29, 0.717) is 94.7 Å². The van der Waals surface area contributed by atoms with Gasteiger partial charge in [0.1, 0.15) is 69.3 Å². The van der Waals surface area contributed by atoms with Crippen LogP contribution in [0, 0.1) is 0 Å². The van der Waals surface area contributed by atoms with Crippen LogP contribution in [0.4, 0.5) is 0 Å². The van der Waals surface area contributed by atoms with Gasteiger partial charge in [0.25, 0.3) is 0 Å². The van der Waals surface area contributed by atoms with Gasteiger partial charge in [-0.1, -0.05) is 210 Å². The summed E-state index contributed by atoms with van der Waals surface area (Å²) in [5, 5.41) is 8.90. The Kier molecular flexibility index (Phi) is 30.3. The lowest BCUT2D eigenvalue weighted by molar-refractivity contribution is -0.166. The van der Waals surface area contributed by atoms with Crippen molar-refractivity contribution in [3.05, 3.63) is 191 Å². The summed E-state index contributed by atoms with van der Waals surface area (Å²) in [6.45, 7) is 50.5. The number of likely N-dealkylation sites (tertiary alicyclic amines) is 1. The van der Waals surface area contributed by atoms with Crippen molar-refractivity contribution < 1.29 is 33.3 Å². The van der Waals surface area contributed by atoms with Gasteiger partial charge in [-0.2, -0.15) is 0 Å². The molecule has 15 aliphatic rings. The quantitative estimate of drug-likeness (QED) is 0.0912. The van der Waals surface area contributed by atoms with Gasteiger partial charge in [0.2, 0.25) is 11.8 Å². The van der Waals surface area contributed by atoms with E-state index in [-0.39, 0.29) is 82.8 Å². The molecule has 2 amide bonds. The Morgan fingerprint density at radius 2 is 0.617 bits per heavy atom. The first-order valence-electron chi connectivity index (χ1n) is 49.0. The van der Waals surface area contributed by atoms with Gasteiger partial charge in [-0.3, -0.25) is 19.3 Å². The summed E-state index contributed by atoms with van der Waals surface area (Å²) in [6.07, 6.45) is 27.4. The maximum absolute atomic E-state index is 12.3. The minimum absolute atomic E-state index is 0.000937. The van der Waals surface area contributed by atoms with Crippen molar-refractivity contribution in [3.63, 3.8) is 0 Å². The number of hydrogen-bond acceptors (Lipinski definition) is 10. The maximum Gasteiger partial charge on any atom is 0.311 e. The Labute approximate surface area is 803 Å². The number of carbonyl (C=O) groups excluding carboxylic acids is 3. The number of amides is 2. The number of cyclic esters (lactones) is 1. The van der Waals surface area contributed by atoms with Crippen LogP contribution in [-0.2, 0) is 131 Å². The zero-order valence-corrected chi connectivity index (χ0v) is 88.5. The summed E-state index contributed by atoms with van der Waals surface area (Å²) in [5.74, 6) is 3.67. The molecule has 14 unspecified atom stereocenters. The molecule has 15 saturated heterocycles. The second-order valence-corrected chi connectivity index (χ2v) is 65.6. The average molecular weight is 1900 g/mol. The van der Waals surface area contributed by atoms with Crippen LogP contribution in [-0.4, -0.2) is 151 Å². The number of imide groups is 1. The third-order valence-corrected chi connectivity index (χ3v) is 53.3. The van der Waals surface area contributed by atoms with Crippen molar-refractivity contribution >= 4 is 118 Å². The molecule has 0 saturated carbocycles. The van der Waals surface area contributed by atoms with Crippen LogP contribution in [0.15, 0.2) is 187 Å². The van der Waals surface area contributed by atoms with Gasteiger partial charge in [-0.25, -0.2) is 0 Å². The standard InChI is InChI=1S/C19H26NO2S.C19H27O2S.C19H27OS2.C19H27S3.C18H25S.C17H23O2S/c1-13(21)20-12-17-10-9-16(11-18(20)22)23(17)15-7-5-14(6-8-15)19(2,3)4;3*1-18(2,3)14-4-6-15(7-5-14)22-16-8-9-17(22)13-19(12-16)20-10-11-21-19;1-13-11-16-9-10-17(12-13)19(16)15-7-5-14(6-8-15)18(2,3)4;1-17(2,3)12-4-6-13(7-5-12)20-14-8-9-15(20)11-19-16(18)10-14/h5-8,16-17H,9-12H2,1-4H3;3*4-7,16-17H,8-13H2,1-3H3;5-8,16-17H,1,9-12H2,2-4H3;4-7,14-15H,8-11H2,1-3H3/q6*+1. The minimum Gasteiger partial charge on any atom is -0.460 e. The second-order valence-electron chi connectivity index (χ2n) is 45.6. The molecular weight excluding hydrogens is 1750 g/mol. The summed E-state index contributed by atoms with van der Waals surface area (Å²) in [4.78, 5) is 46.6. The Balaban J connectivity index is 0.000000113. The smallest absolute Gasteiger partial charge is 0.311 e. The van der Waals surface area contributed by atoms with E-state index in [9.17, 15) is 14.4 Å². The van der Waals surface area contributed by atoms with Crippen molar-refractivity contribution in [2.24, 2.45) is 0 Å². The molecule has 6 aromatic rings. The lowest BCUT2D eigenvalue weighted by Gasteiger charge is -2.35. The van der Waals surface area contributed by atoms with Gasteiger partial charge in [0, 0.05) is 218 Å². The molecule has 14 atom stereocenters. The third-order valence-electron chi connectivity index (χ3n) is 30.1. The summed E-state index contributed by atoms with van der Waals surface area (Å²) in [6, 6.07) is 56.3. The lowest BCUT2D eigenvalue weighted by Crippen LogP contribution is -2.45. The Morgan fingerprint density at radius 1 is 0.336 bits per heavy atom. The fourth-order valence-corrected chi connectivity index (χ4v) is 48.7. The van der Waals surface area contributed by atoms with E-state index in [1.54, 1.807) is 19.6 Å². The van der Waals surface area contributed by atoms with Gasteiger partial charge < -0.3 is 18.9 Å². The molecule has 0 aromatic heterocycles. The van der Waals surface area contributed by atoms with Crippen molar-refractivity contribution in [2.45, 2.75) is 412 Å². The predicted octanol–water partition coefficient (Wildman–Crippen LogP) is 25.8. The number of fused-ring (bicyclic) bond motifs is 12. The minimum atomic E-state index is -0.222. The van der Waals surface area contributed by atoms with Crippen LogP contribution in [0.5, 0.6) is 0 Å². The molecule has 0 N–H and O–H groups in total. The molecule has 0 aliphatic carbocycles. The molecule has 15 aliphatic heterocycles. The highest BCUT2D eigenvalue weighted by Gasteiger charge is 2.63. The Bertz CT molecular complexity index is 4480. The van der Waals surface area contributed by atoms with Crippen LogP contribution < -0.4 is 0 Å². The molecule has 15 heterocycles. The fourth-order valence-electron chi connectivity index (χ4n) is 23.2. The SMILES string of the molecule is C=C1CC2CCC(C1)[S+]2c1ccc(C(C)(C)C)cc1.CC(=O)N1CC2CCC(CC1=O)[S+]2c1ccc(C(C)(C)C)cc1.CC(C)(C)c1ccc([S+]2C3CCC2CC(=O)OC3)cc1.CC(C)(C)c1ccc([S+]2C3CCC2CC2(C3)OCCO2)cc1.CC(C)(C)c1ccc([S+]2C3CCC2CC2(C3)OCCS2)cc1.CC(C)(C)c1ccc([S+]2C3CCC2CC2(C3)SCCS2)cc1. The van der Waals surface area contributed by atoms with Crippen molar-refractivity contribution in [1.82, 2.24) is 4.90 Å². The molecule has 15 fully saturated rings. The van der Waals surface area contributed by atoms with E-state index in [0.717, 1.165) is 87.5 Å². The number of ether oxygens (including phenoxy) is 4. The number of thioether (sulfide) groups is 3. The van der Waals surface area contributed by atoms with E-state index < -0.39 is 0 Å². The van der Waals surface area contributed by atoms with Gasteiger partial charge >= 0.3 is 5.97 Å². The fraction of sp³-hybridized carbons (Fsp3) is 0.631. The first kappa shape index (κ1) is 97.8. The summed E-state index contributed by atoms with van der Waals surface area (Å²) >= 11 is 6.67. The summed E-state index contributed by atoms with van der Waals surface area (Å²) in [7, 11) is 2.17. The molecule has 3 spiro atoms. The molecule has 21 rings (SSSR count). The lowest BCUT2D eigenvalue weighted by atomic mass is 9.87. The highest BCUT2D eigenvalue weighted by molar-refractivity contribution is 8.21. The molecule has 128 heavy (non-hydrogen) atoms. The third kappa shape index (κ3) is 22.4. The highest BCUT2D eigenvalue weighted by Crippen LogP contribution is 2.61. The average Bonchev–Trinajstić information content (AvgIpc) is 1.65. The van der Waals surface area contributed by atoms with E-state index in [4.69, 9.17) is 18.9 Å². The van der Waals surface area contributed by atoms with Gasteiger partial charge in [0.15, 0.2) is 40.4 Å². The Hall–Kier alpha value is -3.30. The second kappa shape index (κ2) is 39.7. The van der Waals surface area contributed by atoms with Crippen LogP contribution >= 0.6 is 35.3 Å². The van der Waals surface area contributed by atoms with Gasteiger partial charge in [-0.15, -0.1) is 35.3 Å². The maximum atomic E-state index is 12.3. The number of esters is 1. The molecule has 8 nitrogen and oxygen atoms in total. The van der Waals surface area contributed by atoms with E-state index >= 15 is 0 Å². The largest absolute Gasteiger partial charge is 0.460 e. The normalized spacial score (nSPS) is 32.3. The molecular formula is C111H155NO7S9+6. The zero-order valence-electron chi connectivity index (χ0n) is 81.2. The number of nitrogens with zero attached hydrogens (tertiary/aromatic N) is 1. The Morgan fingerprint density at radius 3 is 0.945 bits per heavy atom. The molecule has 17 heteroatoms. The van der Waals surface area contributed by atoms with E-state index in [1.807, 2.05) is 0 Å². The first-order valence-corrected chi connectivity index (χ1v) is 60.1. The van der Waals surface area contributed by atoms with Crippen molar-refractivity contribution in [2.75, 3.05) is 50.2 Å². The molecule has 12 bridgehead atoms. The van der Waals surface area contributed by atoms with Crippen LogP contribution in [0.3, 0.4) is 0 Å². The monoisotopic (exact) mass is 1900 g/mol. The van der Waals surface area contributed by atoms with Crippen molar-refractivity contribution in [1.29, 1.82) is 0 Å². The van der Waals surface area contributed by atoms with Gasteiger partial charge in [-0.05, 0) is 139 Å². The van der Waals surface area contributed by atoms with Crippen molar-refractivity contribution in [3.8, 4) is 0 Å². The number of hydrogen-bond donors (Lipinski definition) is 0. The molecule has 694 valence electrons. The van der Waals surface area contributed by atoms with E-state index in [1.165, 1.54) is 181 Å². The molecule has 6 aromatic carbocycles. The van der Waals surface area contributed by atoms with Crippen LogP contribution in [0.25, 0.3) is 0 Å². The number of benzene rings is 6. The number of rotatable bonds is 6. The predicted molar refractivity (Wildman–Crippen MR) is 558 cm³/mol. The summed E-state index contributed by atoms with van der Waals surface area (Å²) < 4.78 is 24.1. The topological polar surface area (TPSA) is 91.4 Å². The van der Waals surface area contributed by atoms with E-state index in [2.05, 4.69) is 312 Å². The van der Waals surface area contributed by atoms with Crippen LogP contribution in [0.1, 0.15) is 306 Å². The highest BCUT2D eigenvalue weighted by atomic mass is 32.2. The zero-order chi connectivity index (χ0) is 90.8. The molecule has 0 radical (unpaired) electrons.